The fourth-order valence-electron chi connectivity index (χ4n) is 3.56. The van der Waals surface area contributed by atoms with Gasteiger partial charge in [0.25, 0.3) is 0 Å². The first kappa shape index (κ1) is 19.1. The van der Waals surface area contributed by atoms with Crippen molar-refractivity contribution in [1.82, 2.24) is 35.2 Å². The molecular weight excluding hydrogens is 394 g/mol. The highest BCUT2D eigenvalue weighted by atomic mass is 16.5. The number of pyridine rings is 2. The third kappa shape index (κ3) is 4.05. The van der Waals surface area contributed by atoms with Crippen LogP contribution in [0.25, 0.3) is 22.3 Å². The predicted octanol–water partition coefficient (Wildman–Crippen LogP) is 2.40. The van der Waals surface area contributed by atoms with Crippen LogP contribution < -0.4 is 20.7 Å². The normalized spacial score (nSPS) is 15.7. The van der Waals surface area contributed by atoms with Gasteiger partial charge in [0.2, 0.25) is 0 Å². The van der Waals surface area contributed by atoms with Crippen molar-refractivity contribution in [1.29, 1.82) is 0 Å². The second kappa shape index (κ2) is 8.44. The summed E-state index contributed by atoms with van der Waals surface area (Å²) in [4.78, 5) is 26.3. The highest BCUT2D eigenvalue weighted by molar-refractivity contribution is 5.95. The Morgan fingerprint density at radius 2 is 2.00 bits per heavy atom. The average molecular weight is 415 g/mol. The maximum Gasteiger partial charge on any atom is 0.162 e. The van der Waals surface area contributed by atoms with E-state index >= 15 is 0 Å². The third-order valence-electron chi connectivity index (χ3n) is 5.04. The Hall–Kier alpha value is -3.92. The highest BCUT2D eigenvalue weighted by Crippen LogP contribution is 2.32. The highest BCUT2D eigenvalue weighted by Gasteiger charge is 2.20. The molecular formula is C21H21N9O. The van der Waals surface area contributed by atoms with Gasteiger partial charge in [-0.3, -0.25) is 4.98 Å². The summed E-state index contributed by atoms with van der Waals surface area (Å²) >= 11 is 0. The Morgan fingerprint density at radius 1 is 1.10 bits per heavy atom. The molecule has 1 unspecified atom stereocenters. The number of nitrogens with one attached hydrogen (secondary N) is 3. The fourth-order valence-corrected chi connectivity index (χ4v) is 3.56. The Labute approximate surface area is 178 Å². The van der Waals surface area contributed by atoms with E-state index in [2.05, 4.69) is 35.9 Å². The molecule has 10 heteroatoms. The minimum Gasteiger partial charge on any atom is -0.494 e. The standard InChI is InChI=1S/C21H21N9O/c1-31-17-11-23-10-16-19(17)21(28-14-3-4-22-7-14)30-20(29-16)13-2-5-26-18(6-13)27-15-8-24-12-25-9-15/h2,5-6,8-12,14,22H,3-4,7H2,1H3,(H,26,27)(H,28,29,30). The van der Waals surface area contributed by atoms with Crippen LogP contribution >= 0.6 is 0 Å². The van der Waals surface area contributed by atoms with Gasteiger partial charge in [-0.1, -0.05) is 0 Å². The summed E-state index contributed by atoms with van der Waals surface area (Å²) in [6.45, 7) is 1.87. The molecule has 4 aromatic rings. The maximum atomic E-state index is 5.53. The molecule has 1 atom stereocenters. The Morgan fingerprint density at radius 3 is 2.81 bits per heavy atom. The predicted molar refractivity (Wildman–Crippen MR) is 117 cm³/mol. The van der Waals surface area contributed by atoms with Crippen LogP contribution in [-0.4, -0.2) is 56.1 Å². The van der Waals surface area contributed by atoms with Gasteiger partial charge >= 0.3 is 0 Å². The zero-order valence-corrected chi connectivity index (χ0v) is 16.9. The zero-order chi connectivity index (χ0) is 21.0. The summed E-state index contributed by atoms with van der Waals surface area (Å²) in [5.41, 5.74) is 2.28. The number of ether oxygens (including phenoxy) is 1. The summed E-state index contributed by atoms with van der Waals surface area (Å²) in [5, 5.41) is 10.9. The second-order valence-corrected chi connectivity index (χ2v) is 7.15. The van der Waals surface area contributed by atoms with Crippen LogP contribution in [0.3, 0.4) is 0 Å². The quantitative estimate of drug-likeness (QED) is 0.432. The molecule has 0 bridgehead atoms. The number of fused-ring (bicyclic) bond motifs is 1. The van der Waals surface area contributed by atoms with Crippen molar-refractivity contribution >= 4 is 28.2 Å². The molecule has 0 saturated carbocycles. The summed E-state index contributed by atoms with van der Waals surface area (Å²) < 4.78 is 5.53. The van der Waals surface area contributed by atoms with Gasteiger partial charge in [-0.25, -0.2) is 24.9 Å². The SMILES string of the molecule is COc1cncc2nc(-c3ccnc(Nc4cncnc4)c3)nc(NC3CCNC3)c12. The van der Waals surface area contributed by atoms with Gasteiger partial charge in [-0.15, -0.1) is 0 Å². The fraction of sp³-hybridized carbons (Fsp3) is 0.238. The second-order valence-electron chi connectivity index (χ2n) is 7.15. The van der Waals surface area contributed by atoms with Crippen molar-refractivity contribution in [2.75, 3.05) is 30.8 Å². The summed E-state index contributed by atoms with van der Waals surface area (Å²) in [6, 6.07) is 4.06. The summed E-state index contributed by atoms with van der Waals surface area (Å²) in [5.74, 6) is 2.59. The van der Waals surface area contributed by atoms with Crippen LogP contribution in [0.2, 0.25) is 0 Å². The molecule has 1 fully saturated rings. The first-order chi connectivity index (χ1) is 15.3. The molecule has 156 valence electrons. The molecule has 5 heterocycles. The lowest BCUT2D eigenvalue weighted by Gasteiger charge is -2.16. The van der Waals surface area contributed by atoms with Crippen LogP contribution in [0.5, 0.6) is 5.75 Å². The molecule has 4 aromatic heterocycles. The molecule has 0 amide bonds. The van der Waals surface area contributed by atoms with Crippen molar-refractivity contribution in [3.8, 4) is 17.1 Å². The number of aromatic nitrogens is 6. The van der Waals surface area contributed by atoms with E-state index in [0.717, 1.165) is 42.0 Å². The minimum absolute atomic E-state index is 0.288. The largest absolute Gasteiger partial charge is 0.494 e. The van der Waals surface area contributed by atoms with Crippen molar-refractivity contribution in [2.24, 2.45) is 0 Å². The van der Waals surface area contributed by atoms with Crippen LogP contribution in [0.1, 0.15) is 6.42 Å². The van der Waals surface area contributed by atoms with E-state index in [1.165, 1.54) is 6.33 Å². The number of hydrogen-bond acceptors (Lipinski definition) is 10. The van der Waals surface area contributed by atoms with E-state index in [1.807, 2.05) is 12.1 Å². The molecule has 5 rings (SSSR count). The first-order valence-electron chi connectivity index (χ1n) is 9.95. The van der Waals surface area contributed by atoms with Crippen LogP contribution in [0.4, 0.5) is 17.3 Å². The van der Waals surface area contributed by atoms with Gasteiger partial charge in [0.05, 0.1) is 48.5 Å². The topological polar surface area (TPSA) is 123 Å². The molecule has 1 aliphatic heterocycles. The van der Waals surface area contributed by atoms with E-state index in [1.54, 1.807) is 38.1 Å². The molecule has 0 aromatic carbocycles. The van der Waals surface area contributed by atoms with E-state index in [-0.39, 0.29) is 6.04 Å². The van der Waals surface area contributed by atoms with Crippen molar-refractivity contribution in [3.05, 3.63) is 49.4 Å². The maximum absolute atomic E-state index is 5.53. The molecule has 0 aliphatic carbocycles. The van der Waals surface area contributed by atoms with E-state index in [0.29, 0.717) is 22.9 Å². The van der Waals surface area contributed by atoms with Gasteiger partial charge < -0.3 is 20.7 Å². The lowest BCUT2D eigenvalue weighted by molar-refractivity contribution is 0.418. The monoisotopic (exact) mass is 415 g/mol. The average Bonchev–Trinajstić information content (AvgIpc) is 3.32. The van der Waals surface area contributed by atoms with Crippen molar-refractivity contribution < 1.29 is 4.74 Å². The zero-order valence-electron chi connectivity index (χ0n) is 16.9. The molecule has 31 heavy (non-hydrogen) atoms. The minimum atomic E-state index is 0.288. The molecule has 10 nitrogen and oxygen atoms in total. The first-order valence-corrected chi connectivity index (χ1v) is 9.95. The molecule has 3 N–H and O–H groups in total. The molecule has 1 aliphatic rings. The van der Waals surface area contributed by atoms with Gasteiger partial charge in [-0.2, -0.15) is 0 Å². The Kier molecular flexibility index (Phi) is 5.19. The number of nitrogens with zero attached hydrogens (tertiary/aromatic N) is 6. The summed E-state index contributed by atoms with van der Waals surface area (Å²) in [7, 11) is 1.62. The number of methoxy groups -OCH3 is 1. The van der Waals surface area contributed by atoms with Crippen LogP contribution in [0.15, 0.2) is 49.4 Å². The number of rotatable bonds is 6. The van der Waals surface area contributed by atoms with Crippen molar-refractivity contribution in [2.45, 2.75) is 12.5 Å². The summed E-state index contributed by atoms with van der Waals surface area (Å²) in [6.07, 6.45) is 11.0. The van der Waals surface area contributed by atoms with E-state index in [9.17, 15) is 0 Å². The lowest BCUT2D eigenvalue weighted by Crippen LogP contribution is -2.23. The van der Waals surface area contributed by atoms with Gasteiger partial charge in [-0.05, 0) is 25.1 Å². The van der Waals surface area contributed by atoms with Gasteiger partial charge in [0, 0.05) is 24.3 Å². The lowest BCUT2D eigenvalue weighted by atomic mass is 10.2. The molecule has 0 spiro atoms. The third-order valence-corrected chi connectivity index (χ3v) is 5.04. The van der Waals surface area contributed by atoms with Crippen LogP contribution in [-0.2, 0) is 0 Å². The molecule has 1 saturated heterocycles. The smallest absolute Gasteiger partial charge is 0.162 e. The Balaban J connectivity index is 1.56. The van der Waals surface area contributed by atoms with Gasteiger partial charge in [0.1, 0.15) is 23.7 Å². The van der Waals surface area contributed by atoms with Gasteiger partial charge in [0.15, 0.2) is 5.82 Å². The van der Waals surface area contributed by atoms with E-state index < -0.39 is 0 Å². The molecule has 0 radical (unpaired) electrons. The van der Waals surface area contributed by atoms with E-state index in [4.69, 9.17) is 14.7 Å². The van der Waals surface area contributed by atoms with Crippen LogP contribution in [0, 0.1) is 0 Å². The number of hydrogen-bond donors (Lipinski definition) is 3. The number of anilines is 3. The Bertz CT molecular complexity index is 1200. The van der Waals surface area contributed by atoms with Crippen molar-refractivity contribution in [3.63, 3.8) is 0 Å².